The van der Waals surface area contributed by atoms with Crippen LogP contribution in [0.2, 0.25) is 0 Å². The third-order valence-electron chi connectivity index (χ3n) is 3.11. The molecule has 106 valence electrons. The van der Waals surface area contributed by atoms with E-state index in [-0.39, 0.29) is 6.04 Å². The van der Waals surface area contributed by atoms with Crippen LogP contribution in [0.1, 0.15) is 19.3 Å². The Morgan fingerprint density at radius 1 is 0.842 bits per heavy atom. The summed E-state index contributed by atoms with van der Waals surface area (Å²) in [4.78, 5) is 0. The molecule has 1 aliphatic rings. The first-order chi connectivity index (χ1) is 9.02. The molecule has 1 saturated heterocycles. The SMILES string of the molecule is Fc1c(F)c(F)c(NC2CCCCNC2)c(F)c1F. The van der Waals surface area contributed by atoms with Crippen LogP contribution in [-0.4, -0.2) is 19.1 Å². The Morgan fingerprint density at radius 3 is 2.05 bits per heavy atom. The van der Waals surface area contributed by atoms with Gasteiger partial charge in [0, 0.05) is 12.6 Å². The number of halogens is 5. The molecule has 1 unspecified atom stereocenters. The maximum Gasteiger partial charge on any atom is 0.200 e. The lowest BCUT2D eigenvalue weighted by molar-refractivity contribution is 0.380. The average molecular weight is 280 g/mol. The first-order valence-corrected chi connectivity index (χ1v) is 6.01. The van der Waals surface area contributed by atoms with Crippen LogP contribution >= 0.6 is 0 Å². The molecule has 2 N–H and O–H groups in total. The van der Waals surface area contributed by atoms with E-state index < -0.39 is 34.8 Å². The largest absolute Gasteiger partial charge is 0.376 e. The van der Waals surface area contributed by atoms with Crippen LogP contribution < -0.4 is 10.6 Å². The number of benzene rings is 1. The van der Waals surface area contributed by atoms with Crippen molar-refractivity contribution >= 4 is 5.69 Å². The van der Waals surface area contributed by atoms with Gasteiger partial charge >= 0.3 is 0 Å². The van der Waals surface area contributed by atoms with E-state index in [1.165, 1.54) is 0 Å². The Morgan fingerprint density at radius 2 is 1.42 bits per heavy atom. The topological polar surface area (TPSA) is 24.1 Å². The minimum Gasteiger partial charge on any atom is -0.376 e. The maximum atomic E-state index is 13.5. The monoisotopic (exact) mass is 280 g/mol. The van der Waals surface area contributed by atoms with Crippen LogP contribution in [0.15, 0.2) is 0 Å². The van der Waals surface area contributed by atoms with Crippen molar-refractivity contribution in [3.05, 3.63) is 29.1 Å². The minimum atomic E-state index is -2.14. The van der Waals surface area contributed by atoms with Crippen LogP contribution in [0.25, 0.3) is 0 Å². The predicted molar refractivity (Wildman–Crippen MR) is 60.4 cm³/mol. The first-order valence-electron chi connectivity index (χ1n) is 6.01. The molecule has 7 heteroatoms. The quantitative estimate of drug-likeness (QED) is 0.494. The summed E-state index contributed by atoms with van der Waals surface area (Å²) in [6, 6.07) is -0.365. The number of hydrogen-bond acceptors (Lipinski definition) is 2. The molecule has 0 saturated carbocycles. The Labute approximate surface area is 107 Å². The summed E-state index contributed by atoms with van der Waals surface area (Å²) in [5.41, 5.74) is -0.954. The summed E-state index contributed by atoms with van der Waals surface area (Å²) in [7, 11) is 0. The molecule has 1 aromatic rings. The van der Waals surface area contributed by atoms with Crippen LogP contribution in [0.3, 0.4) is 0 Å². The Kier molecular flexibility index (Phi) is 4.24. The molecule has 1 fully saturated rings. The molecule has 2 nitrogen and oxygen atoms in total. The number of rotatable bonds is 2. The van der Waals surface area contributed by atoms with Gasteiger partial charge in [0.1, 0.15) is 5.69 Å². The van der Waals surface area contributed by atoms with E-state index in [0.29, 0.717) is 13.0 Å². The van der Waals surface area contributed by atoms with E-state index in [1.54, 1.807) is 0 Å². The van der Waals surface area contributed by atoms with Gasteiger partial charge in [-0.1, -0.05) is 6.42 Å². The lowest BCUT2D eigenvalue weighted by atomic mass is 10.1. The summed E-state index contributed by atoms with van der Waals surface area (Å²) in [6.45, 7) is 1.19. The van der Waals surface area contributed by atoms with Crippen LogP contribution in [0, 0.1) is 29.1 Å². The Bertz CT molecular complexity index is 441. The van der Waals surface area contributed by atoms with Gasteiger partial charge in [-0.2, -0.15) is 0 Å². The van der Waals surface area contributed by atoms with Crippen molar-refractivity contribution < 1.29 is 22.0 Å². The van der Waals surface area contributed by atoms with Crippen molar-refractivity contribution in [3.63, 3.8) is 0 Å². The fourth-order valence-corrected chi connectivity index (χ4v) is 2.08. The highest BCUT2D eigenvalue weighted by Gasteiger charge is 2.27. The molecule has 0 amide bonds. The van der Waals surface area contributed by atoms with E-state index >= 15 is 0 Å². The molecule has 2 rings (SSSR count). The van der Waals surface area contributed by atoms with Gasteiger partial charge in [-0.05, 0) is 19.4 Å². The lowest BCUT2D eigenvalue weighted by Gasteiger charge is -2.19. The molecule has 19 heavy (non-hydrogen) atoms. The summed E-state index contributed by atoms with van der Waals surface area (Å²) >= 11 is 0. The summed E-state index contributed by atoms with van der Waals surface area (Å²) in [5, 5.41) is 5.44. The molecule has 0 aliphatic carbocycles. The fraction of sp³-hybridized carbons (Fsp3) is 0.500. The second-order valence-corrected chi connectivity index (χ2v) is 4.49. The molecule has 0 spiro atoms. The second-order valence-electron chi connectivity index (χ2n) is 4.49. The van der Waals surface area contributed by atoms with Crippen LogP contribution in [-0.2, 0) is 0 Å². The Hall–Kier alpha value is -1.37. The van der Waals surface area contributed by atoms with Gasteiger partial charge in [0.15, 0.2) is 23.3 Å². The van der Waals surface area contributed by atoms with Crippen molar-refractivity contribution in [3.8, 4) is 0 Å². The van der Waals surface area contributed by atoms with Gasteiger partial charge in [0.05, 0.1) is 0 Å². The molecule has 0 radical (unpaired) electrons. The highest BCUT2D eigenvalue weighted by Crippen LogP contribution is 2.28. The second kappa shape index (κ2) is 5.73. The highest BCUT2D eigenvalue weighted by atomic mass is 19.2. The van der Waals surface area contributed by atoms with Crippen LogP contribution in [0.4, 0.5) is 27.6 Å². The minimum absolute atomic E-state index is 0.365. The van der Waals surface area contributed by atoms with E-state index in [4.69, 9.17) is 0 Å². The van der Waals surface area contributed by atoms with Gasteiger partial charge in [0.2, 0.25) is 5.82 Å². The van der Waals surface area contributed by atoms with Gasteiger partial charge in [0.25, 0.3) is 0 Å². The van der Waals surface area contributed by atoms with E-state index in [0.717, 1.165) is 19.4 Å². The zero-order valence-corrected chi connectivity index (χ0v) is 10.0. The fourth-order valence-electron chi connectivity index (χ4n) is 2.08. The zero-order chi connectivity index (χ0) is 14.0. The molecule has 1 aromatic carbocycles. The number of anilines is 1. The number of nitrogens with one attached hydrogen (secondary N) is 2. The lowest BCUT2D eigenvalue weighted by Crippen LogP contribution is -2.32. The van der Waals surface area contributed by atoms with E-state index in [2.05, 4.69) is 10.6 Å². The number of hydrogen-bond donors (Lipinski definition) is 2. The van der Waals surface area contributed by atoms with Gasteiger partial charge in [-0.3, -0.25) is 0 Å². The van der Waals surface area contributed by atoms with Gasteiger partial charge in [-0.25, -0.2) is 22.0 Å². The molecule has 1 aliphatic heterocycles. The van der Waals surface area contributed by atoms with Crippen molar-refractivity contribution in [2.45, 2.75) is 25.3 Å². The van der Waals surface area contributed by atoms with Crippen LogP contribution in [0.5, 0.6) is 0 Å². The van der Waals surface area contributed by atoms with Crippen molar-refractivity contribution in [1.29, 1.82) is 0 Å². The molecular weight excluding hydrogens is 267 g/mol. The maximum absolute atomic E-state index is 13.5. The Balaban J connectivity index is 2.29. The summed E-state index contributed by atoms with van der Waals surface area (Å²) in [6.07, 6.45) is 2.34. The third kappa shape index (κ3) is 2.80. The molecule has 0 aromatic heterocycles. The van der Waals surface area contributed by atoms with Crippen molar-refractivity contribution in [2.75, 3.05) is 18.4 Å². The zero-order valence-electron chi connectivity index (χ0n) is 10.0. The van der Waals surface area contributed by atoms with Gasteiger partial charge in [-0.15, -0.1) is 0 Å². The molecular formula is C12H13F5N2. The van der Waals surface area contributed by atoms with E-state index in [9.17, 15) is 22.0 Å². The molecule has 1 atom stereocenters. The third-order valence-corrected chi connectivity index (χ3v) is 3.11. The smallest absolute Gasteiger partial charge is 0.200 e. The van der Waals surface area contributed by atoms with E-state index in [1.807, 2.05) is 0 Å². The average Bonchev–Trinajstić information content (AvgIpc) is 2.68. The summed E-state index contributed by atoms with van der Waals surface area (Å²) < 4.78 is 65.8. The van der Waals surface area contributed by atoms with Crippen molar-refractivity contribution in [1.82, 2.24) is 5.32 Å². The molecule has 0 bridgehead atoms. The van der Waals surface area contributed by atoms with Gasteiger partial charge < -0.3 is 10.6 Å². The normalized spacial score (nSPS) is 20.2. The summed E-state index contributed by atoms with van der Waals surface area (Å²) in [5.74, 6) is -9.63. The molecule has 1 heterocycles. The standard InChI is InChI=1S/C12H13F5N2/c13-7-8(14)10(16)12(11(17)9(7)15)19-6-3-1-2-4-18-5-6/h6,18-19H,1-5H2. The van der Waals surface area contributed by atoms with Crippen molar-refractivity contribution in [2.24, 2.45) is 0 Å². The first kappa shape index (κ1) is 14.0. The predicted octanol–water partition coefficient (Wildman–Crippen LogP) is 2.94. The highest BCUT2D eigenvalue weighted by molar-refractivity contribution is 5.48.